The molecule has 5 nitrogen and oxygen atoms in total. The number of primary amides is 1. The maximum Gasteiger partial charge on any atom is 0.225 e. The number of rotatable bonds is 2. The fourth-order valence-electron chi connectivity index (χ4n) is 1.96. The molecule has 16 heavy (non-hydrogen) atoms. The van der Waals surface area contributed by atoms with E-state index in [1.54, 1.807) is 12.3 Å². The number of carbonyl (C=O) groups is 1. The van der Waals surface area contributed by atoms with E-state index in [4.69, 9.17) is 11.5 Å². The summed E-state index contributed by atoms with van der Waals surface area (Å²) in [5.41, 5.74) is 11.3. The molecule has 0 saturated carbocycles. The molecule has 0 bridgehead atoms. The van der Waals surface area contributed by atoms with Gasteiger partial charge in [0.2, 0.25) is 5.91 Å². The third kappa shape index (κ3) is 1.80. The number of nitrogens with two attached hydrogens (primary N) is 2. The highest BCUT2D eigenvalue weighted by atomic mass is 16.1. The Balaban J connectivity index is 2.18. The van der Waals surface area contributed by atoms with Crippen molar-refractivity contribution in [3.05, 3.63) is 18.3 Å². The lowest BCUT2D eigenvalue weighted by Crippen LogP contribution is -2.37. The molecule has 0 radical (unpaired) electrons. The predicted octanol–water partition coefficient (Wildman–Crippen LogP) is 0.365. The number of nitrogens with zero attached hydrogens (tertiary/aromatic N) is 2. The second kappa shape index (κ2) is 3.66. The van der Waals surface area contributed by atoms with Crippen molar-refractivity contribution in [3.63, 3.8) is 0 Å². The largest absolute Gasteiger partial charge is 0.399 e. The summed E-state index contributed by atoms with van der Waals surface area (Å²) in [6.07, 6.45) is 2.43. The third-order valence-corrected chi connectivity index (χ3v) is 3.16. The van der Waals surface area contributed by atoms with Gasteiger partial charge in [-0.05, 0) is 19.4 Å². The van der Waals surface area contributed by atoms with Crippen molar-refractivity contribution < 1.29 is 4.79 Å². The number of amides is 1. The Labute approximate surface area is 94.4 Å². The van der Waals surface area contributed by atoms with Gasteiger partial charge in [0.15, 0.2) is 0 Å². The van der Waals surface area contributed by atoms with E-state index in [0.29, 0.717) is 12.2 Å². The topological polar surface area (TPSA) is 85.2 Å². The molecule has 1 unspecified atom stereocenters. The van der Waals surface area contributed by atoms with E-state index in [2.05, 4.69) is 4.98 Å². The van der Waals surface area contributed by atoms with Gasteiger partial charge in [0.05, 0.1) is 5.41 Å². The second-order valence-corrected chi connectivity index (χ2v) is 4.54. The Kier molecular flexibility index (Phi) is 2.46. The fraction of sp³-hybridized carbons (Fsp3) is 0.455. The molecule has 1 aliphatic rings. The minimum Gasteiger partial charge on any atom is -0.399 e. The van der Waals surface area contributed by atoms with Crippen LogP contribution in [0.1, 0.15) is 13.3 Å². The highest BCUT2D eigenvalue weighted by molar-refractivity contribution is 5.82. The molecule has 5 heteroatoms. The first kappa shape index (κ1) is 10.7. The zero-order valence-electron chi connectivity index (χ0n) is 9.31. The van der Waals surface area contributed by atoms with Gasteiger partial charge in [-0.3, -0.25) is 4.79 Å². The monoisotopic (exact) mass is 220 g/mol. The molecule has 1 saturated heterocycles. The highest BCUT2D eigenvalue weighted by Gasteiger charge is 2.39. The molecule has 2 rings (SSSR count). The summed E-state index contributed by atoms with van der Waals surface area (Å²) in [5, 5.41) is 0. The average molecular weight is 220 g/mol. The number of carbonyl (C=O) groups excluding carboxylic acids is 1. The van der Waals surface area contributed by atoms with Crippen LogP contribution in [0.2, 0.25) is 0 Å². The van der Waals surface area contributed by atoms with Gasteiger partial charge in [0, 0.05) is 31.0 Å². The van der Waals surface area contributed by atoms with E-state index >= 15 is 0 Å². The Morgan fingerprint density at radius 1 is 1.62 bits per heavy atom. The van der Waals surface area contributed by atoms with Crippen LogP contribution in [0.15, 0.2) is 18.3 Å². The van der Waals surface area contributed by atoms with Crippen LogP contribution < -0.4 is 16.4 Å². The van der Waals surface area contributed by atoms with E-state index in [9.17, 15) is 4.79 Å². The van der Waals surface area contributed by atoms with Gasteiger partial charge in [-0.2, -0.15) is 0 Å². The average Bonchev–Trinajstić information content (AvgIpc) is 2.62. The van der Waals surface area contributed by atoms with Gasteiger partial charge < -0.3 is 16.4 Å². The van der Waals surface area contributed by atoms with Crippen LogP contribution in [-0.4, -0.2) is 24.0 Å². The van der Waals surface area contributed by atoms with E-state index < -0.39 is 5.41 Å². The molecule has 1 aromatic rings. The minimum atomic E-state index is -0.452. The van der Waals surface area contributed by atoms with Crippen LogP contribution in [0.4, 0.5) is 11.5 Å². The molecule has 1 aromatic heterocycles. The van der Waals surface area contributed by atoms with E-state index in [1.165, 1.54) is 0 Å². The van der Waals surface area contributed by atoms with Crippen molar-refractivity contribution >= 4 is 17.4 Å². The molecular weight excluding hydrogens is 204 g/mol. The summed E-state index contributed by atoms with van der Waals surface area (Å²) in [5.74, 6) is 0.559. The van der Waals surface area contributed by atoms with E-state index in [1.807, 2.05) is 17.9 Å². The summed E-state index contributed by atoms with van der Waals surface area (Å²) in [7, 11) is 0. The smallest absolute Gasteiger partial charge is 0.225 e. The molecule has 1 aliphatic heterocycles. The van der Waals surface area contributed by atoms with Crippen LogP contribution in [0.25, 0.3) is 0 Å². The standard InChI is InChI=1S/C11H16N4O/c1-11(10(13)16)3-5-15(7-11)9-6-8(12)2-4-14-9/h2,4,6H,3,5,7H2,1H3,(H2,12,14)(H2,13,16). The van der Waals surface area contributed by atoms with Crippen LogP contribution in [0.3, 0.4) is 0 Å². The van der Waals surface area contributed by atoms with Crippen molar-refractivity contribution in [2.45, 2.75) is 13.3 Å². The lowest BCUT2D eigenvalue weighted by Gasteiger charge is -2.21. The third-order valence-electron chi connectivity index (χ3n) is 3.16. The summed E-state index contributed by atoms with van der Waals surface area (Å²) >= 11 is 0. The summed E-state index contributed by atoms with van der Waals surface area (Å²) in [6, 6.07) is 3.56. The first-order valence-corrected chi connectivity index (χ1v) is 5.28. The number of hydrogen-bond acceptors (Lipinski definition) is 4. The SMILES string of the molecule is CC1(C(N)=O)CCN(c2cc(N)ccn2)C1. The molecule has 1 fully saturated rings. The maximum atomic E-state index is 11.3. The van der Waals surface area contributed by atoms with Gasteiger partial charge in [-0.15, -0.1) is 0 Å². The molecule has 2 heterocycles. The van der Waals surface area contributed by atoms with Gasteiger partial charge in [-0.25, -0.2) is 4.98 Å². The lowest BCUT2D eigenvalue weighted by molar-refractivity contribution is -0.125. The second-order valence-electron chi connectivity index (χ2n) is 4.54. The summed E-state index contributed by atoms with van der Waals surface area (Å²) < 4.78 is 0. The fourth-order valence-corrected chi connectivity index (χ4v) is 1.96. The zero-order chi connectivity index (χ0) is 11.8. The van der Waals surface area contributed by atoms with Crippen LogP contribution >= 0.6 is 0 Å². The zero-order valence-corrected chi connectivity index (χ0v) is 9.31. The molecule has 86 valence electrons. The Bertz CT molecular complexity index is 420. The highest BCUT2D eigenvalue weighted by Crippen LogP contribution is 2.32. The van der Waals surface area contributed by atoms with Gasteiger partial charge in [0.1, 0.15) is 5.82 Å². The van der Waals surface area contributed by atoms with E-state index in [-0.39, 0.29) is 5.91 Å². The minimum absolute atomic E-state index is 0.251. The lowest BCUT2D eigenvalue weighted by atomic mass is 9.89. The van der Waals surface area contributed by atoms with Crippen molar-refractivity contribution in [2.24, 2.45) is 11.1 Å². The number of hydrogen-bond donors (Lipinski definition) is 2. The number of aromatic nitrogens is 1. The Hall–Kier alpha value is -1.78. The molecular formula is C11H16N4O. The number of nitrogen functional groups attached to an aromatic ring is 1. The van der Waals surface area contributed by atoms with E-state index in [0.717, 1.165) is 18.8 Å². The summed E-state index contributed by atoms with van der Waals surface area (Å²) in [4.78, 5) is 17.6. The molecule has 0 aromatic carbocycles. The molecule has 0 aliphatic carbocycles. The van der Waals surface area contributed by atoms with Crippen molar-refractivity contribution in [2.75, 3.05) is 23.7 Å². The molecule has 4 N–H and O–H groups in total. The van der Waals surface area contributed by atoms with Crippen LogP contribution in [-0.2, 0) is 4.79 Å². The van der Waals surface area contributed by atoms with Crippen molar-refractivity contribution in [1.29, 1.82) is 0 Å². The number of anilines is 2. The predicted molar refractivity (Wildman–Crippen MR) is 62.8 cm³/mol. The first-order valence-electron chi connectivity index (χ1n) is 5.28. The van der Waals surface area contributed by atoms with Crippen LogP contribution in [0, 0.1) is 5.41 Å². The van der Waals surface area contributed by atoms with Gasteiger partial charge in [-0.1, -0.05) is 0 Å². The van der Waals surface area contributed by atoms with Gasteiger partial charge >= 0.3 is 0 Å². The van der Waals surface area contributed by atoms with Gasteiger partial charge in [0.25, 0.3) is 0 Å². The number of pyridine rings is 1. The summed E-state index contributed by atoms with van der Waals surface area (Å²) in [6.45, 7) is 3.29. The molecule has 0 spiro atoms. The molecule has 1 amide bonds. The first-order chi connectivity index (χ1) is 7.51. The molecule has 1 atom stereocenters. The normalized spacial score (nSPS) is 24.7. The van der Waals surface area contributed by atoms with Crippen LogP contribution in [0.5, 0.6) is 0 Å². The van der Waals surface area contributed by atoms with Crippen molar-refractivity contribution in [1.82, 2.24) is 4.98 Å². The Morgan fingerprint density at radius 3 is 2.94 bits per heavy atom. The quantitative estimate of drug-likeness (QED) is 0.753. The Morgan fingerprint density at radius 2 is 2.38 bits per heavy atom. The van der Waals surface area contributed by atoms with Crippen molar-refractivity contribution in [3.8, 4) is 0 Å². The maximum absolute atomic E-state index is 11.3.